The van der Waals surface area contributed by atoms with Crippen LogP contribution in [0.15, 0.2) is 0 Å². The highest BCUT2D eigenvalue weighted by Gasteiger charge is 2.27. The molecule has 0 saturated heterocycles. The first-order chi connectivity index (χ1) is 4.64. The highest BCUT2D eigenvalue weighted by atomic mass is 16.3. The Balaban J connectivity index is 2.31. The molecular formula is C7H16N2O. The van der Waals surface area contributed by atoms with E-state index in [1.165, 1.54) is 0 Å². The maximum Gasteiger partial charge on any atom is 0.0621 e. The average Bonchev–Trinajstić information content (AvgIpc) is 1.88. The number of hydrogen-bond acceptors (Lipinski definition) is 3. The summed E-state index contributed by atoms with van der Waals surface area (Å²) < 4.78 is 0. The van der Waals surface area contributed by atoms with E-state index < -0.39 is 5.60 Å². The SMILES string of the molecule is C[C@]1(O)CC[C@H](NN)CC1. The molecule has 10 heavy (non-hydrogen) atoms. The normalized spacial score (nSPS) is 41.7. The van der Waals surface area contributed by atoms with Crippen molar-refractivity contribution >= 4 is 0 Å². The third-order valence-electron chi connectivity index (χ3n) is 2.30. The predicted octanol–water partition coefficient (Wildman–Crippen LogP) is 0.143. The number of hydrogen-bond donors (Lipinski definition) is 3. The van der Waals surface area contributed by atoms with Gasteiger partial charge in [0.2, 0.25) is 0 Å². The van der Waals surface area contributed by atoms with E-state index in [9.17, 15) is 5.11 Å². The summed E-state index contributed by atoms with van der Waals surface area (Å²) in [4.78, 5) is 0. The minimum Gasteiger partial charge on any atom is -0.390 e. The van der Waals surface area contributed by atoms with Crippen LogP contribution in [0.5, 0.6) is 0 Å². The van der Waals surface area contributed by atoms with Crippen LogP contribution in [0, 0.1) is 0 Å². The second-order valence-electron chi connectivity index (χ2n) is 3.44. The van der Waals surface area contributed by atoms with E-state index in [1.807, 2.05) is 6.92 Å². The molecule has 0 aromatic rings. The zero-order valence-corrected chi connectivity index (χ0v) is 6.43. The second kappa shape index (κ2) is 2.86. The Labute approximate surface area is 61.6 Å². The van der Waals surface area contributed by atoms with Gasteiger partial charge in [-0.25, -0.2) is 0 Å². The molecule has 1 aliphatic rings. The fraction of sp³-hybridized carbons (Fsp3) is 1.00. The van der Waals surface area contributed by atoms with E-state index in [2.05, 4.69) is 5.43 Å². The van der Waals surface area contributed by atoms with Crippen LogP contribution >= 0.6 is 0 Å². The van der Waals surface area contributed by atoms with Gasteiger partial charge in [0, 0.05) is 6.04 Å². The van der Waals surface area contributed by atoms with Crippen LogP contribution in [0.4, 0.5) is 0 Å². The molecule has 0 amide bonds. The maximum absolute atomic E-state index is 9.52. The molecule has 3 nitrogen and oxygen atoms in total. The molecule has 0 bridgehead atoms. The topological polar surface area (TPSA) is 58.3 Å². The standard InChI is InChI=1S/C7H16N2O/c1-7(10)4-2-6(9-8)3-5-7/h6,9-10H,2-5,8H2,1H3/t6-,7-. The van der Waals surface area contributed by atoms with Crippen LogP contribution < -0.4 is 11.3 Å². The van der Waals surface area contributed by atoms with Crippen LogP contribution in [-0.2, 0) is 0 Å². The van der Waals surface area contributed by atoms with Crippen molar-refractivity contribution < 1.29 is 5.11 Å². The van der Waals surface area contributed by atoms with E-state index >= 15 is 0 Å². The molecule has 0 aromatic heterocycles. The smallest absolute Gasteiger partial charge is 0.0621 e. The van der Waals surface area contributed by atoms with Gasteiger partial charge in [-0.1, -0.05) is 0 Å². The summed E-state index contributed by atoms with van der Waals surface area (Å²) in [6, 6.07) is 0.417. The molecular weight excluding hydrogens is 128 g/mol. The summed E-state index contributed by atoms with van der Waals surface area (Å²) in [5.41, 5.74) is 2.29. The van der Waals surface area contributed by atoms with Gasteiger partial charge in [0.15, 0.2) is 0 Å². The Hall–Kier alpha value is -0.120. The molecule has 0 aromatic carbocycles. The molecule has 0 heterocycles. The second-order valence-corrected chi connectivity index (χ2v) is 3.44. The van der Waals surface area contributed by atoms with Crippen molar-refractivity contribution in [3.05, 3.63) is 0 Å². The molecule has 0 aliphatic heterocycles. The zero-order valence-electron chi connectivity index (χ0n) is 6.43. The summed E-state index contributed by atoms with van der Waals surface area (Å²) >= 11 is 0. The number of nitrogens with one attached hydrogen (secondary N) is 1. The van der Waals surface area contributed by atoms with Crippen LogP contribution in [0.2, 0.25) is 0 Å². The van der Waals surface area contributed by atoms with E-state index in [1.54, 1.807) is 0 Å². The Kier molecular flexibility index (Phi) is 2.28. The lowest BCUT2D eigenvalue weighted by Crippen LogP contribution is -2.42. The fourth-order valence-corrected chi connectivity index (χ4v) is 1.41. The van der Waals surface area contributed by atoms with Crippen molar-refractivity contribution in [1.29, 1.82) is 0 Å². The lowest BCUT2D eigenvalue weighted by molar-refractivity contribution is 0.0142. The predicted molar refractivity (Wildman–Crippen MR) is 40.2 cm³/mol. The number of rotatable bonds is 1. The lowest BCUT2D eigenvalue weighted by atomic mass is 9.84. The molecule has 1 rings (SSSR count). The van der Waals surface area contributed by atoms with Gasteiger partial charge in [0.25, 0.3) is 0 Å². The van der Waals surface area contributed by atoms with E-state index in [4.69, 9.17) is 5.84 Å². The third kappa shape index (κ3) is 1.94. The highest BCUT2D eigenvalue weighted by molar-refractivity contribution is 4.83. The molecule has 60 valence electrons. The first kappa shape index (κ1) is 7.98. The summed E-state index contributed by atoms with van der Waals surface area (Å²) in [7, 11) is 0. The third-order valence-corrected chi connectivity index (χ3v) is 2.30. The van der Waals surface area contributed by atoms with Gasteiger partial charge in [0.1, 0.15) is 0 Å². The van der Waals surface area contributed by atoms with Crippen molar-refractivity contribution in [2.45, 2.75) is 44.2 Å². The molecule has 1 fully saturated rings. The summed E-state index contributed by atoms with van der Waals surface area (Å²) in [5.74, 6) is 5.26. The first-order valence-electron chi connectivity index (χ1n) is 3.82. The van der Waals surface area contributed by atoms with E-state index in [0.717, 1.165) is 25.7 Å². The molecule has 1 saturated carbocycles. The van der Waals surface area contributed by atoms with Crippen molar-refractivity contribution in [3.63, 3.8) is 0 Å². The Morgan fingerprint density at radius 1 is 1.50 bits per heavy atom. The first-order valence-corrected chi connectivity index (χ1v) is 3.82. The van der Waals surface area contributed by atoms with Crippen LogP contribution in [0.25, 0.3) is 0 Å². The number of aliphatic hydroxyl groups is 1. The van der Waals surface area contributed by atoms with E-state index in [0.29, 0.717) is 6.04 Å². The van der Waals surface area contributed by atoms with Crippen LogP contribution in [-0.4, -0.2) is 16.7 Å². The maximum atomic E-state index is 9.52. The number of nitrogens with two attached hydrogens (primary N) is 1. The zero-order chi connectivity index (χ0) is 7.61. The summed E-state index contributed by atoms with van der Waals surface area (Å²) in [6.07, 6.45) is 3.71. The van der Waals surface area contributed by atoms with Crippen LogP contribution in [0.1, 0.15) is 32.6 Å². The monoisotopic (exact) mass is 144 g/mol. The van der Waals surface area contributed by atoms with Crippen LogP contribution in [0.3, 0.4) is 0 Å². The molecule has 0 spiro atoms. The van der Waals surface area contributed by atoms with Gasteiger partial charge in [0.05, 0.1) is 5.60 Å². The minimum atomic E-state index is -0.437. The molecule has 0 unspecified atom stereocenters. The lowest BCUT2D eigenvalue weighted by Gasteiger charge is -2.32. The van der Waals surface area contributed by atoms with Gasteiger partial charge < -0.3 is 5.11 Å². The van der Waals surface area contributed by atoms with E-state index in [-0.39, 0.29) is 0 Å². The molecule has 4 N–H and O–H groups in total. The van der Waals surface area contributed by atoms with Crippen molar-refractivity contribution in [1.82, 2.24) is 5.43 Å². The average molecular weight is 144 g/mol. The fourth-order valence-electron chi connectivity index (χ4n) is 1.41. The largest absolute Gasteiger partial charge is 0.390 e. The molecule has 0 radical (unpaired) electrons. The quantitative estimate of drug-likeness (QED) is 0.362. The number of hydrazine groups is 1. The van der Waals surface area contributed by atoms with Gasteiger partial charge in [-0.05, 0) is 32.6 Å². The Morgan fingerprint density at radius 3 is 2.40 bits per heavy atom. The van der Waals surface area contributed by atoms with Crippen molar-refractivity contribution in [2.75, 3.05) is 0 Å². The molecule has 1 aliphatic carbocycles. The van der Waals surface area contributed by atoms with Gasteiger partial charge in [-0.3, -0.25) is 11.3 Å². The van der Waals surface area contributed by atoms with Gasteiger partial charge in [-0.2, -0.15) is 0 Å². The Morgan fingerprint density at radius 2 is 2.00 bits per heavy atom. The molecule has 3 heteroatoms. The highest BCUT2D eigenvalue weighted by Crippen LogP contribution is 2.26. The van der Waals surface area contributed by atoms with Gasteiger partial charge >= 0.3 is 0 Å². The Bertz CT molecular complexity index is 104. The van der Waals surface area contributed by atoms with Crippen molar-refractivity contribution in [3.8, 4) is 0 Å². The van der Waals surface area contributed by atoms with Gasteiger partial charge in [-0.15, -0.1) is 0 Å². The molecule has 0 atom stereocenters. The summed E-state index contributed by atoms with van der Waals surface area (Å²) in [5, 5.41) is 9.52. The van der Waals surface area contributed by atoms with Crippen molar-refractivity contribution in [2.24, 2.45) is 5.84 Å². The summed E-state index contributed by atoms with van der Waals surface area (Å²) in [6.45, 7) is 1.89. The minimum absolute atomic E-state index is 0.417.